The number of carbonyl (C=O) groups is 2. The van der Waals surface area contributed by atoms with Crippen molar-refractivity contribution in [2.24, 2.45) is 5.73 Å². The van der Waals surface area contributed by atoms with E-state index in [1.807, 2.05) is 4.90 Å². The molecule has 22 heavy (non-hydrogen) atoms. The predicted octanol–water partition coefficient (Wildman–Crippen LogP) is 2.00. The summed E-state index contributed by atoms with van der Waals surface area (Å²) in [4.78, 5) is 34.5. The number of piperidine rings is 1. The van der Waals surface area contributed by atoms with Gasteiger partial charge < -0.3 is 10.6 Å². The van der Waals surface area contributed by atoms with E-state index in [1.165, 1.54) is 17.5 Å². The second-order valence-electron chi connectivity index (χ2n) is 5.18. The summed E-state index contributed by atoms with van der Waals surface area (Å²) in [7, 11) is 0. The fraction of sp³-hybridized carbons (Fsp3) is 0.333. The van der Waals surface area contributed by atoms with Crippen molar-refractivity contribution < 1.29 is 9.59 Å². The topological polar surface area (TPSA) is 89.2 Å². The van der Waals surface area contributed by atoms with E-state index in [9.17, 15) is 9.59 Å². The zero-order valence-electron chi connectivity index (χ0n) is 11.9. The van der Waals surface area contributed by atoms with Gasteiger partial charge in [0.1, 0.15) is 9.88 Å². The van der Waals surface area contributed by atoms with E-state index in [4.69, 9.17) is 5.73 Å². The van der Waals surface area contributed by atoms with Gasteiger partial charge in [-0.2, -0.15) is 0 Å². The molecule has 2 aromatic rings. The van der Waals surface area contributed by atoms with Crippen LogP contribution in [0.5, 0.6) is 0 Å². The number of carbonyl (C=O) groups excluding carboxylic acids is 2. The number of nitrogens with two attached hydrogens (primary N) is 1. The number of nitrogens with zero attached hydrogens (tertiary/aromatic N) is 3. The third-order valence-electron chi connectivity index (χ3n) is 3.72. The first kappa shape index (κ1) is 14.6. The van der Waals surface area contributed by atoms with Gasteiger partial charge in [-0.05, 0) is 31.4 Å². The number of hydrogen-bond acceptors (Lipinski definition) is 5. The fourth-order valence-corrected chi connectivity index (χ4v) is 3.56. The zero-order chi connectivity index (χ0) is 15.5. The van der Waals surface area contributed by atoms with E-state index in [0.717, 1.165) is 24.3 Å². The van der Waals surface area contributed by atoms with Gasteiger partial charge in [0.25, 0.3) is 11.8 Å². The fourth-order valence-electron chi connectivity index (χ4n) is 2.64. The van der Waals surface area contributed by atoms with E-state index < -0.39 is 5.91 Å². The highest BCUT2D eigenvalue weighted by Crippen LogP contribution is 2.34. The van der Waals surface area contributed by atoms with Crippen LogP contribution in [0.4, 0.5) is 0 Å². The summed E-state index contributed by atoms with van der Waals surface area (Å²) in [6.45, 7) is 0.684. The number of amides is 2. The lowest BCUT2D eigenvalue weighted by Crippen LogP contribution is -2.38. The lowest BCUT2D eigenvalue weighted by Gasteiger charge is -2.34. The third-order valence-corrected chi connectivity index (χ3v) is 4.84. The molecule has 0 aliphatic carbocycles. The zero-order valence-corrected chi connectivity index (χ0v) is 12.8. The molecule has 0 radical (unpaired) electrons. The molecule has 1 aliphatic heterocycles. The first-order valence-electron chi connectivity index (χ1n) is 7.13. The molecule has 2 aromatic heterocycles. The third kappa shape index (κ3) is 2.85. The van der Waals surface area contributed by atoms with E-state index in [0.29, 0.717) is 17.0 Å². The maximum atomic E-state index is 12.7. The van der Waals surface area contributed by atoms with Gasteiger partial charge in [-0.15, -0.1) is 11.3 Å². The quantitative estimate of drug-likeness (QED) is 0.938. The van der Waals surface area contributed by atoms with Crippen molar-refractivity contribution in [2.45, 2.75) is 25.3 Å². The monoisotopic (exact) mass is 316 g/mol. The van der Waals surface area contributed by atoms with Crippen LogP contribution in [0.25, 0.3) is 0 Å². The van der Waals surface area contributed by atoms with Crippen molar-refractivity contribution in [1.29, 1.82) is 0 Å². The minimum absolute atomic E-state index is 0.0476. The van der Waals surface area contributed by atoms with Crippen molar-refractivity contribution in [2.75, 3.05) is 6.54 Å². The Kier molecular flexibility index (Phi) is 4.15. The van der Waals surface area contributed by atoms with Gasteiger partial charge in [-0.3, -0.25) is 14.6 Å². The number of rotatable bonds is 3. The van der Waals surface area contributed by atoms with E-state index in [1.54, 1.807) is 24.5 Å². The first-order chi connectivity index (χ1) is 10.7. The van der Waals surface area contributed by atoms with Crippen molar-refractivity contribution >= 4 is 23.2 Å². The van der Waals surface area contributed by atoms with Crippen LogP contribution in [-0.2, 0) is 0 Å². The second-order valence-corrected chi connectivity index (χ2v) is 6.24. The number of pyridine rings is 1. The molecular weight excluding hydrogens is 300 g/mol. The number of likely N-dealkylation sites (tertiary alicyclic amines) is 1. The van der Waals surface area contributed by atoms with Crippen LogP contribution in [0.3, 0.4) is 0 Å². The van der Waals surface area contributed by atoms with Gasteiger partial charge in [0, 0.05) is 18.9 Å². The molecule has 1 aliphatic rings. The standard InChI is InChI=1S/C15H16N4O2S/c16-13(20)12-9-18-14(22-12)11-5-1-2-7-19(11)15(21)10-4-3-6-17-8-10/h3-4,6,8-9,11H,1-2,5,7H2,(H2,16,20)/t11-/m0/s1. The summed E-state index contributed by atoms with van der Waals surface area (Å²) in [5.74, 6) is -0.529. The van der Waals surface area contributed by atoms with E-state index in [-0.39, 0.29) is 11.9 Å². The van der Waals surface area contributed by atoms with Crippen LogP contribution in [0.2, 0.25) is 0 Å². The molecule has 0 aromatic carbocycles. The molecule has 0 bridgehead atoms. The Morgan fingerprint density at radius 2 is 2.18 bits per heavy atom. The highest BCUT2D eigenvalue weighted by Gasteiger charge is 2.31. The molecule has 1 saturated heterocycles. The van der Waals surface area contributed by atoms with Crippen LogP contribution in [0.1, 0.15) is 50.3 Å². The lowest BCUT2D eigenvalue weighted by atomic mass is 10.0. The van der Waals surface area contributed by atoms with Crippen molar-refractivity contribution in [3.63, 3.8) is 0 Å². The van der Waals surface area contributed by atoms with Gasteiger partial charge >= 0.3 is 0 Å². The van der Waals surface area contributed by atoms with Crippen LogP contribution in [0, 0.1) is 0 Å². The van der Waals surface area contributed by atoms with Crippen molar-refractivity contribution in [3.05, 3.63) is 46.2 Å². The SMILES string of the molecule is NC(=O)c1cnc([C@@H]2CCCCN2C(=O)c2cccnc2)s1. The molecule has 2 N–H and O–H groups in total. The Hall–Kier alpha value is -2.28. The van der Waals surface area contributed by atoms with Crippen LogP contribution in [0.15, 0.2) is 30.7 Å². The summed E-state index contributed by atoms with van der Waals surface area (Å²) in [6.07, 6.45) is 7.56. The molecule has 0 unspecified atom stereocenters. The molecule has 7 heteroatoms. The maximum absolute atomic E-state index is 12.7. The molecule has 3 heterocycles. The highest BCUT2D eigenvalue weighted by molar-refractivity contribution is 7.13. The molecule has 6 nitrogen and oxygen atoms in total. The summed E-state index contributed by atoms with van der Waals surface area (Å²) >= 11 is 1.27. The summed E-state index contributed by atoms with van der Waals surface area (Å²) in [5, 5.41) is 0.769. The number of hydrogen-bond donors (Lipinski definition) is 1. The van der Waals surface area contributed by atoms with Gasteiger partial charge in [0.05, 0.1) is 17.8 Å². The van der Waals surface area contributed by atoms with Crippen LogP contribution in [-0.4, -0.2) is 33.2 Å². The van der Waals surface area contributed by atoms with Gasteiger partial charge in [-0.1, -0.05) is 0 Å². The number of primary amides is 1. The highest BCUT2D eigenvalue weighted by atomic mass is 32.1. The Balaban J connectivity index is 1.87. The normalized spacial score (nSPS) is 18.2. The minimum atomic E-state index is -0.482. The second kappa shape index (κ2) is 6.23. The number of thiazole rings is 1. The van der Waals surface area contributed by atoms with Crippen LogP contribution < -0.4 is 5.73 Å². The van der Waals surface area contributed by atoms with Gasteiger partial charge in [0.2, 0.25) is 0 Å². The Morgan fingerprint density at radius 1 is 1.32 bits per heavy atom. The molecule has 1 fully saturated rings. The Bertz CT molecular complexity index is 686. The molecule has 0 saturated carbocycles. The smallest absolute Gasteiger partial charge is 0.260 e. The van der Waals surface area contributed by atoms with Crippen molar-refractivity contribution in [3.8, 4) is 0 Å². The predicted molar refractivity (Wildman–Crippen MR) is 82.5 cm³/mol. The summed E-state index contributed by atoms with van der Waals surface area (Å²) < 4.78 is 0. The molecule has 114 valence electrons. The molecular formula is C15H16N4O2S. The Labute approximate surface area is 132 Å². The average molecular weight is 316 g/mol. The maximum Gasteiger partial charge on any atom is 0.260 e. The molecule has 3 rings (SSSR count). The Morgan fingerprint density at radius 3 is 2.86 bits per heavy atom. The summed E-state index contributed by atoms with van der Waals surface area (Å²) in [5.41, 5.74) is 5.86. The molecule has 2 amide bonds. The van der Waals surface area contributed by atoms with Gasteiger partial charge in [0.15, 0.2) is 0 Å². The van der Waals surface area contributed by atoms with Gasteiger partial charge in [-0.25, -0.2) is 4.98 Å². The van der Waals surface area contributed by atoms with Crippen LogP contribution >= 0.6 is 11.3 Å². The molecule has 0 spiro atoms. The van der Waals surface area contributed by atoms with E-state index in [2.05, 4.69) is 9.97 Å². The molecule has 1 atom stereocenters. The first-order valence-corrected chi connectivity index (χ1v) is 7.95. The average Bonchev–Trinajstić information content (AvgIpc) is 3.05. The minimum Gasteiger partial charge on any atom is -0.365 e. The van der Waals surface area contributed by atoms with Crippen molar-refractivity contribution in [1.82, 2.24) is 14.9 Å². The van der Waals surface area contributed by atoms with E-state index >= 15 is 0 Å². The summed E-state index contributed by atoms with van der Waals surface area (Å²) in [6, 6.07) is 3.41. The number of aromatic nitrogens is 2. The lowest BCUT2D eigenvalue weighted by molar-refractivity contribution is 0.0610. The largest absolute Gasteiger partial charge is 0.365 e.